The molecule has 4 nitrogen and oxygen atoms in total. The van der Waals surface area contributed by atoms with E-state index in [4.69, 9.17) is 4.74 Å². The molecule has 0 saturated carbocycles. The fraction of sp³-hybridized carbons (Fsp3) is 0.750. The molecular weight excluding hydrogens is 254 g/mol. The van der Waals surface area contributed by atoms with Crippen LogP contribution in [0.15, 0.2) is 11.3 Å². The Morgan fingerprint density at radius 2 is 1.55 bits per heavy atom. The summed E-state index contributed by atoms with van der Waals surface area (Å²) in [6, 6.07) is 0. The molecule has 0 aliphatic carbocycles. The van der Waals surface area contributed by atoms with E-state index in [-0.39, 0.29) is 11.9 Å². The van der Waals surface area contributed by atoms with Crippen molar-refractivity contribution in [1.82, 2.24) is 5.32 Å². The van der Waals surface area contributed by atoms with Gasteiger partial charge in [0.2, 0.25) is 5.91 Å². The molecule has 0 saturated heterocycles. The first-order chi connectivity index (χ1) is 9.52. The number of hydrogen-bond donors (Lipinski definition) is 1. The second kappa shape index (κ2) is 11.5. The minimum atomic E-state index is -0.313. The molecule has 4 heteroatoms. The second-order valence-electron chi connectivity index (χ2n) is 5.02. The predicted molar refractivity (Wildman–Crippen MR) is 81.1 cm³/mol. The lowest BCUT2D eigenvalue weighted by Gasteiger charge is -2.12. The standard InChI is InChI=1S/C16H29NO3/c1-5-7-8-9-10-11-12-15(16(19)20-6-2)13(3)17-14(4)18/h5-12H2,1-4H3,(H,17,18)/b15-13-. The van der Waals surface area contributed by atoms with Crippen molar-refractivity contribution in [2.45, 2.75) is 72.6 Å². The fourth-order valence-corrected chi connectivity index (χ4v) is 2.08. The van der Waals surface area contributed by atoms with Crippen LogP contribution in [0.3, 0.4) is 0 Å². The smallest absolute Gasteiger partial charge is 0.335 e. The quantitative estimate of drug-likeness (QED) is 0.378. The summed E-state index contributed by atoms with van der Waals surface area (Å²) < 4.78 is 5.05. The molecular formula is C16H29NO3. The number of esters is 1. The van der Waals surface area contributed by atoms with Crippen LogP contribution in [0.25, 0.3) is 0 Å². The molecule has 0 spiro atoms. The summed E-state index contributed by atoms with van der Waals surface area (Å²) in [6.45, 7) is 7.53. The zero-order valence-corrected chi connectivity index (χ0v) is 13.4. The molecule has 1 N–H and O–H groups in total. The van der Waals surface area contributed by atoms with Crippen LogP contribution in [0.4, 0.5) is 0 Å². The summed E-state index contributed by atoms with van der Waals surface area (Å²) in [5.41, 5.74) is 1.21. The largest absolute Gasteiger partial charge is 0.463 e. The second-order valence-corrected chi connectivity index (χ2v) is 5.02. The van der Waals surface area contributed by atoms with Gasteiger partial charge in [-0.1, -0.05) is 39.0 Å². The highest BCUT2D eigenvalue weighted by Gasteiger charge is 2.14. The number of nitrogens with one attached hydrogen (secondary N) is 1. The first-order valence-corrected chi connectivity index (χ1v) is 7.67. The summed E-state index contributed by atoms with van der Waals surface area (Å²) in [7, 11) is 0. The number of carbonyl (C=O) groups is 2. The summed E-state index contributed by atoms with van der Waals surface area (Å²) in [4.78, 5) is 23.0. The van der Waals surface area contributed by atoms with Gasteiger partial charge in [-0.3, -0.25) is 4.79 Å². The van der Waals surface area contributed by atoms with E-state index in [1.165, 1.54) is 32.6 Å². The van der Waals surface area contributed by atoms with Crippen LogP contribution in [-0.4, -0.2) is 18.5 Å². The highest BCUT2D eigenvalue weighted by atomic mass is 16.5. The van der Waals surface area contributed by atoms with Crippen molar-refractivity contribution < 1.29 is 14.3 Å². The lowest BCUT2D eigenvalue weighted by molar-refractivity contribution is -0.138. The number of allylic oxidation sites excluding steroid dienone is 1. The van der Waals surface area contributed by atoms with E-state index in [9.17, 15) is 9.59 Å². The van der Waals surface area contributed by atoms with Crippen molar-refractivity contribution in [3.05, 3.63) is 11.3 Å². The van der Waals surface area contributed by atoms with Gasteiger partial charge in [-0.25, -0.2) is 4.79 Å². The van der Waals surface area contributed by atoms with E-state index >= 15 is 0 Å². The normalized spacial score (nSPS) is 11.8. The van der Waals surface area contributed by atoms with Gasteiger partial charge >= 0.3 is 5.97 Å². The number of unbranched alkanes of at least 4 members (excludes halogenated alkanes) is 5. The van der Waals surface area contributed by atoms with Crippen molar-refractivity contribution in [2.24, 2.45) is 0 Å². The molecule has 0 aliphatic rings. The molecule has 0 aromatic heterocycles. The molecule has 0 unspecified atom stereocenters. The third-order valence-electron chi connectivity index (χ3n) is 3.12. The van der Waals surface area contributed by atoms with Gasteiger partial charge in [0.1, 0.15) is 0 Å². The fourth-order valence-electron chi connectivity index (χ4n) is 2.08. The van der Waals surface area contributed by atoms with E-state index in [2.05, 4.69) is 12.2 Å². The zero-order chi connectivity index (χ0) is 15.4. The Hall–Kier alpha value is -1.32. The highest BCUT2D eigenvalue weighted by molar-refractivity contribution is 5.90. The molecule has 0 aromatic rings. The number of hydrogen-bond acceptors (Lipinski definition) is 3. The van der Waals surface area contributed by atoms with E-state index < -0.39 is 0 Å². The summed E-state index contributed by atoms with van der Waals surface area (Å²) >= 11 is 0. The van der Waals surface area contributed by atoms with Gasteiger partial charge in [0.05, 0.1) is 12.2 Å². The summed E-state index contributed by atoms with van der Waals surface area (Å²) in [5.74, 6) is -0.473. The van der Waals surface area contributed by atoms with Crippen molar-refractivity contribution in [3.63, 3.8) is 0 Å². The molecule has 0 radical (unpaired) electrons. The number of amides is 1. The van der Waals surface area contributed by atoms with E-state index in [0.29, 0.717) is 24.3 Å². The van der Waals surface area contributed by atoms with Crippen LogP contribution in [-0.2, 0) is 14.3 Å². The Balaban J connectivity index is 4.39. The summed E-state index contributed by atoms with van der Waals surface area (Å²) in [6.07, 6.45) is 7.67. The maximum absolute atomic E-state index is 11.9. The Morgan fingerprint density at radius 3 is 2.10 bits per heavy atom. The molecule has 0 rings (SSSR count). The van der Waals surface area contributed by atoms with Crippen molar-refractivity contribution in [2.75, 3.05) is 6.61 Å². The molecule has 0 atom stereocenters. The van der Waals surface area contributed by atoms with Gasteiger partial charge in [0, 0.05) is 12.6 Å². The van der Waals surface area contributed by atoms with Gasteiger partial charge in [-0.05, 0) is 26.7 Å². The molecule has 1 amide bonds. The Labute approximate surface area is 123 Å². The number of rotatable bonds is 10. The van der Waals surface area contributed by atoms with Gasteiger partial charge in [0.25, 0.3) is 0 Å². The van der Waals surface area contributed by atoms with Crippen LogP contribution in [0.1, 0.15) is 72.6 Å². The van der Waals surface area contributed by atoms with Gasteiger partial charge in [-0.2, -0.15) is 0 Å². The number of ether oxygens (including phenoxy) is 1. The predicted octanol–water partition coefficient (Wildman–Crippen LogP) is 3.71. The minimum absolute atomic E-state index is 0.160. The van der Waals surface area contributed by atoms with Gasteiger partial charge in [-0.15, -0.1) is 0 Å². The summed E-state index contributed by atoms with van der Waals surface area (Å²) in [5, 5.41) is 2.68. The van der Waals surface area contributed by atoms with Crippen molar-refractivity contribution >= 4 is 11.9 Å². The van der Waals surface area contributed by atoms with Gasteiger partial charge < -0.3 is 10.1 Å². The highest BCUT2D eigenvalue weighted by Crippen LogP contribution is 2.15. The lowest BCUT2D eigenvalue weighted by atomic mass is 10.0. The van der Waals surface area contributed by atoms with Crippen molar-refractivity contribution in [3.8, 4) is 0 Å². The molecule has 0 aliphatic heterocycles. The van der Waals surface area contributed by atoms with Crippen LogP contribution < -0.4 is 5.32 Å². The average Bonchev–Trinajstić information content (AvgIpc) is 2.37. The minimum Gasteiger partial charge on any atom is -0.463 e. The molecule has 20 heavy (non-hydrogen) atoms. The SMILES string of the molecule is CCCCCCCC/C(C(=O)OCC)=C(\C)NC(C)=O. The van der Waals surface area contributed by atoms with Gasteiger partial charge in [0.15, 0.2) is 0 Å². The van der Waals surface area contributed by atoms with E-state index in [1.54, 1.807) is 13.8 Å². The first kappa shape index (κ1) is 18.7. The van der Waals surface area contributed by atoms with Crippen LogP contribution in [0.5, 0.6) is 0 Å². The Kier molecular flexibility index (Phi) is 10.7. The first-order valence-electron chi connectivity index (χ1n) is 7.67. The molecule has 116 valence electrons. The number of carbonyl (C=O) groups excluding carboxylic acids is 2. The zero-order valence-electron chi connectivity index (χ0n) is 13.4. The molecule has 0 bridgehead atoms. The van der Waals surface area contributed by atoms with Crippen LogP contribution >= 0.6 is 0 Å². The third kappa shape index (κ3) is 8.73. The van der Waals surface area contributed by atoms with E-state index in [0.717, 1.165) is 12.8 Å². The average molecular weight is 283 g/mol. The lowest BCUT2D eigenvalue weighted by Crippen LogP contribution is -2.22. The maximum Gasteiger partial charge on any atom is 0.335 e. The third-order valence-corrected chi connectivity index (χ3v) is 3.12. The Bertz CT molecular complexity index is 335. The van der Waals surface area contributed by atoms with E-state index in [1.807, 2.05) is 0 Å². The monoisotopic (exact) mass is 283 g/mol. The molecule has 0 fully saturated rings. The molecule has 0 heterocycles. The Morgan fingerprint density at radius 1 is 0.950 bits per heavy atom. The van der Waals surface area contributed by atoms with Crippen LogP contribution in [0, 0.1) is 0 Å². The maximum atomic E-state index is 11.9. The molecule has 0 aromatic carbocycles. The van der Waals surface area contributed by atoms with Crippen LogP contribution in [0.2, 0.25) is 0 Å². The topological polar surface area (TPSA) is 55.4 Å². The van der Waals surface area contributed by atoms with Crippen molar-refractivity contribution in [1.29, 1.82) is 0 Å².